The van der Waals surface area contributed by atoms with E-state index in [1.165, 1.54) is 10.5 Å². The molecule has 0 aliphatic carbocycles. The van der Waals surface area contributed by atoms with Gasteiger partial charge in [-0.2, -0.15) is 0 Å². The van der Waals surface area contributed by atoms with Gasteiger partial charge in [0.25, 0.3) is 0 Å². The van der Waals surface area contributed by atoms with Crippen molar-refractivity contribution in [3.8, 4) is 0 Å². The maximum Gasteiger partial charge on any atom is 0.191 e. The van der Waals surface area contributed by atoms with Gasteiger partial charge in [0.2, 0.25) is 0 Å². The van der Waals surface area contributed by atoms with Crippen molar-refractivity contribution in [3.05, 3.63) is 29.8 Å². The fourth-order valence-corrected chi connectivity index (χ4v) is 2.68. The first kappa shape index (κ1) is 24.5. The standard InChI is InChI=1S/C18H31N3O2S.HI/c1-4-19-18(20-10-5-12-23-14-13-22-3)21-11-15-24-17-8-6-16(2)7-9-17;/h6-9H,4-5,10-15H2,1-3H3,(H2,19,20,21);1H. The number of nitrogens with one attached hydrogen (secondary N) is 2. The van der Waals surface area contributed by atoms with Crippen molar-refractivity contribution >= 4 is 41.7 Å². The predicted octanol–water partition coefficient (Wildman–Crippen LogP) is 3.31. The topological polar surface area (TPSA) is 54.9 Å². The summed E-state index contributed by atoms with van der Waals surface area (Å²) in [4.78, 5) is 5.86. The summed E-state index contributed by atoms with van der Waals surface area (Å²) < 4.78 is 10.4. The first-order chi connectivity index (χ1) is 11.8. The zero-order valence-corrected chi connectivity index (χ0v) is 18.7. The third kappa shape index (κ3) is 13.4. The van der Waals surface area contributed by atoms with E-state index in [2.05, 4.69) is 53.7 Å². The Bertz CT molecular complexity index is 458. The molecule has 7 heteroatoms. The Morgan fingerprint density at radius 1 is 1.12 bits per heavy atom. The second-order valence-electron chi connectivity index (χ2n) is 5.31. The number of aliphatic imine (C=N–C) groups is 1. The Hall–Kier alpha value is -0.510. The van der Waals surface area contributed by atoms with Gasteiger partial charge in [-0.05, 0) is 32.4 Å². The molecule has 0 aliphatic heterocycles. The van der Waals surface area contributed by atoms with Gasteiger partial charge in [0.05, 0.1) is 13.2 Å². The summed E-state index contributed by atoms with van der Waals surface area (Å²) in [6.07, 6.45) is 0.915. The van der Waals surface area contributed by atoms with Crippen LogP contribution in [0.15, 0.2) is 34.2 Å². The van der Waals surface area contributed by atoms with Crippen molar-refractivity contribution in [2.45, 2.75) is 25.2 Å². The van der Waals surface area contributed by atoms with Crippen molar-refractivity contribution in [1.82, 2.24) is 10.6 Å². The largest absolute Gasteiger partial charge is 0.382 e. The molecule has 1 rings (SSSR count). The molecule has 0 unspecified atom stereocenters. The summed E-state index contributed by atoms with van der Waals surface area (Å²) in [6, 6.07) is 8.64. The van der Waals surface area contributed by atoms with Gasteiger partial charge in [-0.3, -0.25) is 4.99 Å². The number of methoxy groups -OCH3 is 1. The van der Waals surface area contributed by atoms with Crippen LogP contribution in [0.5, 0.6) is 0 Å². The molecule has 144 valence electrons. The lowest BCUT2D eigenvalue weighted by molar-refractivity contribution is 0.0702. The molecule has 0 saturated heterocycles. The van der Waals surface area contributed by atoms with Crippen molar-refractivity contribution in [2.24, 2.45) is 4.99 Å². The lowest BCUT2D eigenvalue weighted by atomic mass is 10.2. The Kier molecular flexibility index (Phi) is 16.6. The highest BCUT2D eigenvalue weighted by atomic mass is 127. The van der Waals surface area contributed by atoms with E-state index in [1.807, 2.05) is 11.8 Å². The second kappa shape index (κ2) is 16.9. The fourth-order valence-electron chi connectivity index (χ4n) is 1.92. The summed E-state index contributed by atoms with van der Waals surface area (Å²) in [6.45, 7) is 8.70. The molecule has 0 atom stereocenters. The quantitative estimate of drug-likeness (QED) is 0.158. The van der Waals surface area contributed by atoms with Crippen LogP contribution in [0, 0.1) is 6.92 Å². The molecule has 0 amide bonds. The van der Waals surface area contributed by atoms with Crippen molar-refractivity contribution in [1.29, 1.82) is 0 Å². The van der Waals surface area contributed by atoms with Crippen LogP contribution in [-0.2, 0) is 9.47 Å². The van der Waals surface area contributed by atoms with Gasteiger partial charge < -0.3 is 20.1 Å². The molecule has 0 aromatic heterocycles. The highest BCUT2D eigenvalue weighted by molar-refractivity contribution is 14.0. The molecule has 0 spiro atoms. The monoisotopic (exact) mass is 481 g/mol. The van der Waals surface area contributed by atoms with Crippen LogP contribution in [0.1, 0.15) is 18.9 Å². The first-order valence-electron chi connectivity index (χ1n) is 8.54. The molecule has 1 aromatic rings. The zero-order valence-electron chi connectivity index (χ0n) is 15.5. The maximum absolute atomic E-state index is 5.43. The molecule has 0 heterocycles. The van der Waals surface area contributed by atoms with Crippen LogP contribution < -0.4 is 10.6 Å². The third-order valence-electron chi connectivity index (χ3n) is 3.18. The highest BCUT2D eigenvalue weighted by Gasteiger charge is 1.98. The van der Waals surface area contributed by atoms with Crippen molar-refractivity contribution in [3.63, 3.8) is 0 Å². The number of ether oxygens (including phenoxy) is 2. The summed E-state index contributed by atoms with van der Waals surface area (Å²) in [7, 11) is 1.68. The van der Waals surface area contributed by atoms with Gasteiger partial charge in [-0.15, -0.1) is 35.7 Å². The van der Waals surface area contributed by atoms with Crippen LogP contribution in [0.3, 0.4) is 0 Å². The van der Waals surface area contributed by atoms with Gasteiger partial charge >= 0.3 is 0 Å². The van der Waals surface area contributed by atoms with E-state index in [-0.39, 0.29) is 24.0 Å². The molecule has 0 fully saturated rings. The Labute approximate surface area is 173 Å². The minimum atomic E-state index is 0. The number of hydrogen-bond donors (Lipinski definition) is 2. The first-order valence-corrected chi connectivity index (χ1v) is 9.53. The molecular weight excluding hydrogens is 449 g/mol. The minimum Gasteiger partial charge on any atom is -0.382 e. The van der Waals surface area contributed by atoms with Gasteiger partial charge in [-0.25, -0.2) is 0 Å². The second-order valence-corrected chi connectivity index (χ2v) is 6.48. The highest BCUT2D eigenvalue weighted by Crippen LogP contribution is 2.17. The van der Waals surface area contributed by atoms with E-state index < -0.39 is 0 Å². The van der Waals surface area contributed by atoms with E-state index >= 15 is 0 Å². The molecule has 0 radical (unpaired) electrons. The number of aryl methyl sites for hydroxylation is 1. The van der Waals surface area contributed by atoms with Crippen LogP contribution in [0.4, 0.5) is 0 Å². The number of benzene rings is 1. The SMILES string of the molecule is CCNC(=NCCCOCCOC)NCCSc1ccc(C)cc1.I. The third-order valence-corrected chi connectivity index (χ3v) is 4.19. The Morgan fingerprint density at radius 2 is 1.88 bits per heavy atom. The molecule has 0 bridgehead atoms. The van der Waals surface area contributed by atoms with Crippen LogP contribution in [-0.4, -0.2) is 58.3 Å². The smallest absolute Gasteiger partial charge is 0.191 e. The fraction of sp³-hybridized carbons (Fsp3) is 0.611. The summed E-state index contributed by atoms with van der Waals surface area (Å²) in [5.41, 5.74) is 1.30. The van der Waals surface area contributed by atoms with Crippen LogP contribution >= 0.6 is 35.7 Å². The number of nitrogens with zero attached hydrogens (tertiary/aromatic N) is 1. The lowest BCUT2D eigenvalue weighted by Crippen LogP contribution is -2.38. The normalized spacial score (nSPS) is 11.1. The van der Waals surface area contributed by atoms with E-state index in [1.54, 1.807) is 7.11 Å². The van der Waals surface area contributed by atoms with Gasteiger partial charge in [0.1, 0.15) is 0 Å². The number of rotatable bonds is 12. The van der Waals surface area contributed by atoms with E-state index in [0.29, 0.717) is 13.2 Å². The van der Waals surface area contributed by atoms with Gasteiger partial charge in [0, 0.05) is 44.0 Å². The van der Waals surface area contributed by atoms with Crippen LogP contribution in [0.2, 0.25) is 0 Å². The molecule has 2 N–H and O–H groups in total. The summed E-state index contributed by atoms with van der Waals surface area (Å²) in [5, 5.41) is 6.64. The molecular formula is C18H32IN3O2S. The van der Waals surface area contributed by atoms with Crippen molar-refractivity contribution in [2.75, 3.05) is 52.3 Å². The maximum atomic E-state index is 5.43. The van der Waals surface area contributed by atoms with E-state index in [4.69, 9.17) is 9.47 Å². The number of hydrogen-bond acceptors (Lipinski definition) is 4. The lowest BCUT2D eigenvalue weighted by Gasteiger charge is -2.11. The Morgan fingerprint density at radius 3 is 2.56 bits per heavy atom. The number of halogens is 1. The average molecular weight is 481 g/mol. The van der Waals surface area contributed by atoms with Crippen molar-refractivity contribution < 1.29 is 9.47 Å². The molecule has 5 nitrogen and oxygen atoms in total. The number of thioether (sulfide) groups is 1. The number of guanidine groups is 1. The average Bonchev–Trinajstić information content (AvgIpc) is 2.59. The molecule has 1 aromatic carbocycles. The molecule has 0 aliphatic rings. The summed E-state index contributed by atoms with van der Waals surface area (Å²) in [5.74, 6) is 1.88. The van der Waals surface area contributed by atoms with Gasteiger partial charge in [-0.1, -0.05) is 17.7 Å². The van der Waals surface area contributed by atoms with E-state index in [9.17, 15) is 0 Å². The minimum absolute atomic E-state index is 0. The Balaban J connectivity index is 0.00000576. The summed E-state index contributed by atoms with van der Waals surface area (Å²) >= 11 is 1.85. The molecule has 0 saturated carbocycles. The van der Waals surface area contributed by atoms with E-state index in [0.717, 1.165) is 44.4 Å². The van der Waals surface area contributed by atoms with Gasteiger partial charge in [0.15, 0.2) is 5.96 Å². The van der Waals surface area contributed by atoms with Crippen LogP contribution in [0.25, 0.3) is 0 Å². The zero-order chi connectivity index (χ0) is 17.5. The molecule has 25 heavy (non-hydrogen) atoms. The predicted molar refractivity (Wildman–Crippen MR) is 119 cm³/mol.